The first kappa shape index (κ1) is 11.4. The minimum absolute atomic E-state index is 0.0387. The largest absolute Gasteiger partial charge is 0.409 e. The third-order valence-electron chi connectivity index (χ3n) is 2.71. The van der Waals surface area contributed by atoms with E-state index in [0.29, 0.717) is 5.69 Å². The topological polar surface area (TPSA) is 101 Å². The minimum Gasteiger partial charge on any atom is -0.409 e. The number of pyridine rings is 1. The van der Waals surface area contributed by atoms with E-state index in [9.17, 15) is 4.79 Å². The van der Waals surface area contributed by atoms with Gasteiger partial charge >= 0.3 is 0 Å². The van der Waals surface area contributed by atoms with E-state index in [1.54, 1.807) is 24.4 Å². The fourth-order valence-electron chi connectivity index (χ4n) is 1.64. The Morgan fingerprint density at radius 2 is 2.35 bits per heavy atom. The third-order valence-corrected chi connectivity index (χ3v) is 2.71. The Bertz CT molecular complexity index is 428. The molecule has 0 bridgehead atoms. The van der Waals surface area contributed by atoms with Crippen molar-refractivity contribution in [1.82, 2.24) is 10.3 Å². The zero-order chi connectivity index (χ0) is 12.3. The van der Waals surface area contributed by atoms with Crippen LogP contribution in [0.1, 0.15) is 23.3 Å². The molecular weight excluding hydrogens is 220 g/mol. The summed E-state index contributed by atoms with van der Waals surface area (Å²) >= 11 is 0. The normalized spacial score (nSPS) is 17.5. The molecular formula is C11H14N4O2. The minimum atomic E-state index is -0.408. The lowest BCUT2D eigenvalue weighted by molar-refractivity contribution is 0.0938. The van der Waals surface area contributed by atoms with Crippen LogP contribution in [0.5, 0.6) is 0 Å². The van der Waals surface area contributed by atoms with Gasteiger partial charge in [0.1, 0.15) is 5.69 Å². The van der Waals surface area contributed by atoms with E-state index in [4.69, 9.17) is 10.9 Å². The number of nitrogens with two attached hydrogens (primary N) is 1. The Hall–Kier alpha value is -2.11. The van der Waals surface area contributed by atoms with Crippen LogP contribution in [0.3, 0.4) is 0 Å². The molecule has 6 nitrogen and oxygen atoms in total. The van der Waals surface area contributed by atoms with Gasteiger partial charge in [-0.05, 0) is 30.9 Å². The van der Waals surface area contributed by atoms with Gasteiger partial charge in [0.25, 0.3) is 5.91 Å². The molecule has 6 heteroatoms. The molecule has 1 heterocycles. The number of carbonyl (C=O) groups is 1. The molecule has 1 amide bonds. The van der Waals surface area contributed by atoms with Crippen LogP contribution in [0.15, 0.2) is 29.6 Å². The number of carbonyl (C=O) groups excluding carboxylic acids is 1. The molecule has 90 valence electrons. The number of rotatable bonds is 4. The summed E-state index contributed by atoms with van der Waals surface area (Å²) in [6, 6.07) is 4.68. The number of aromatic nitrogens is 1. The lowest BCUT2D eigenvalue weighted by atomic mass is 10.1. The second kappa shape index (κ2) is 4.82. The fourth-order valence-corrected chi connectivity index (χ4v) is 1.64. The van der Waals surface area contributed by atoms with Crippen molar-refractivity contribution in [2.45, 2.75) is 18.9 Å². The van der Waals surface area contributed by atoms with Gasteiger partial charge in [-0.3, -0.25) is 9.78 Å². The second-order valence-corrected chi connectivity index (χ2v) is 4.03. The molecule has 0 aromatic carbocycles. The summed E-state index contributed by atoms with van der Waals surface area (Å²) < 4.78 is 0. The van der Waals surface area contributed by atoms with Gasteiger partial charge in [0.2, 0.25) is 0 Å². The summed E-state index contributed by atoms with van der Waals surface area (Å²) in [6.45, 7) is 0. The van der Waals surface area contributed by atoms with Crippen molar-refractivity contribution >= 4 is 11.7 Å². The van der Waals surface area contributed by atoms with Crippen LogP contribution in [0.4, 0.5) is 0 Å². The maximum absolute atomic E-state index is 11.8. The molecule has 0 radical (unpaired) electrons. The SMILES string of the molecule is NC(=NO)C(NC(=O)c1ccccn1)C1CC1. The van der Waals surface area contributed by atoms with E-state index < -0.39 is 6.04 Å². The summed E-state index contributed by atoms with van der Waals surface area (Å²) in [5, 5.41) is 14.3. The van der Waals surface area contributed by atoms with Gasteiger partial charge < -0.3 is 16.3 Å². The smallest absolute Gasteiger partial charge is 0.270 e. The summed E-state index contributed by atoms with van der Waals surface area (Å²) in [5.74, 6) is -0.00977. The quantitative estimate of drug-likeness (QED) is 0.302. The first-order valence-electron chi connectivity index (χ1n) is 5.41. The first-order valence-corrected chi connectivity index (χ1v) is 5.41. The highest BCUT2D eigenvalue weighted by Crippen LogP contribution is 2.32. The van der Waals surface area contributed by atoms with Crippen molar-refractivity contribution in [3.8, 4) is 0 Å². The first-order chi connectivity index (χ1) is 8.22. The molecule has 0 aliphatic heterocycles. The van der Waals surface area contributed by atoms with Crippen LogP contribution >= 0.6 is 0 Å². The van der Waals surface area contributed by atoms with E-state index in [1.165, 1.54) is 0 Å². The second-order valence-electron chi connectivity index (χ2n) is 4.03. The molecule has 1 saturated carbocycles. The molecule has 1 atom stereocenters. The van der Waals surface area contributed by atoms with E-state index >= 15 is 0 Å². The molecule has 1 unspecified atom stereocenters. The van der Waals surface area contributed by atoms with Crippen molar-refractivity contribution in [3.05, 3.63) is 30.1 Å². The van der Waals surface area contributed by atoms with Crippen molar-refractivity contribution in [3.63, 3.8) is 0 Å². The van der Waals surface area contributed by atoms with Crippen molar-refractivity contribution < 1.29 is 10.0 Å². The molecule has 4 N–H and O–H groups in total. The molecule has 1 aromatic heterocycles. The summed E-state index contributed by atoms with van der Waals surface area (Å²) in [7, 11) is 0. The van der Waals surface area contributed by atoms with Gasteiger partial charge in [0.05, 0.1) is 6.04 Å². The van der Waals surface area contributed by atoms with Gasteiger partial charge in [0, 0.05) is 6.20 Å². The molecule has 0 saturated heterocycles. The van der Waals surface area contributed by atoms with Crippen molar-refractivity contribution in [1.29, 1.82) is 0 Å². The number of nitrogens with one attached hydrogen (secondary N) is 1. The van der Waals surface area contributed by atoms with E-state index in [0.717, 1.165) is 12.8 Å². The third kappa shape index (κ3) is 2.72. The average Bonchev–Trinajstić information content (AvgIpc) is 3.20. The van der Waals surface area contributed by atoms with E-state index in [1.807, 2.05) is 0 Å². The van der Waals surface area contributed by atoms with E-state index in [2.05, 4.69) is 15.5 Å². The zero-order valence-electron chi connectivity index (χ0n) is 9.21. The van der Waals surface area contributed by atoms with Gasteiger partial charge in [-0.25, -0.2) is 0 Å². The van der Waals surface area contributed by atoms with Gasteiger partial charge in [-0.1, -0.05) is 11.2 Å². The maximum Gasteiger partial charge on any atom is 0.270 e. The summed E-state index contributed by atoms with van der Waals surface area (Å²) in [5.41, 5.74) is 5.87. The number of amidine groups is 1. The van der Waals surface area contributed by atoms with Crippen LogP contribution in [0.2, 0.25) is 0 Å². The monoisotopic (exact) mass is 234 g/mol. The summed E-state index contributed by atoms with van der Waals surface area (Å²) in [4.78, 5) is 15.8. The molecule has 2 rings (SSSR count). The summed E-state index contributed by atoms with van der Waals surface area (Å²) in [6.07, 6.45) is 3.50. The number of nitrogens with zero attached hydrogens (tertiary/aromatic N) is 2. The molecule has 0 spiro atoms. The highest BCUT2D eigenvalue weighted by atomic mass is 16.4. The molecule has 1 aliphatic rings. The Balaban J connectivity index is 2.06. The predicted octanol–water partition coefficient (Wildman–Crippen LogP) is 0.336. The van der Waals surface area contributed by atoms with Gasteiger partial charge in [-0.2, -0.15) is 0 Å². The highest BCUT2D eigenvalue weighted by Gasteiger charge is 2.35. The number of hydrogen-bond donors (Lipinski definition) is 3. The highest BCUT2D eigenvalue weighted by molar-refractivity contribution is 5.97. The van der Waals surface area contributed by atoms with E-state index in [-0.39, 0.29) is 17.7 Å². The zero-order valence-corrected chi connectivity index (χ0v) is 9.21. The molecule has 1 fully saturated rings. The maximum atomic E-state index is 11.8. The number of oxime groups is 1. The van der Waals surface area contributed by atoms with Crippen LogP contribution in [-0.2, 0) is 0 Å². The van der Waals surface area contributed by atoms with Gasteiger partial charge in [0.15, 0.2) is 5.84 Å². The Kier molecular flexibility index (Phi) is 3.22. The van der Waals surface area contributed by atoms with Crippen molar-refractivity contribution in [2.24, 2.45) is 16.8 Å². The fraction of sp³-hybridized carbons (Fsp3) is 0.364. The van der Waals surface area contributed by atoms with Crippen molar-refractivity contribution in [2.75, 3.05) is 0 Å². The van der Waals surface area contributed by atoms with Crippen LogP contribution in [0, 0.1) is 5.92 Å². The molecule has 1 aromatic rings. The van der Waals surface area contributed by atoms with Crippen LogP contribution in [-0.4, -0.2) is 28.0 Å². The lowest BCUT2D eigenvalue weighted by Gasteiger charge is -2.16. The van der Waals surface area contributed by atoms with Crippen LogP contribution < -0.4 is 11.1 Å². The predicted molar refractivity (Wildman–Crippen MR) is 61.6 cm³/mol. The van der Waals surface area contributed by atoms with Crippen LogP contribution in [0.25, 0.3) is 0 Å². The van der Waals surface area contributed by atoms with Gasteiger partial charge in [-0.15, -0.1) is 0 Å². The lowest BCUT2D eigenvalue weighted by Crippen LogP contribution is -2.46. The Morgan fingerprint density at radius 1 is 1.59 bits per heavy atom. The average molecular weight is 234 g/mol. The molecule has 17 heavy (non-hydrogen) atoms. The number of hydrogen-bond acceptors (Lipinski definition) is 4. The Labute approximate surface area is 98.5 Å². The standard InChI is InChI=1S/C11H14N4O2/c12-10(15-17)9(7-4-5-7)14-11(16)8-3-1-2-6-13-8/h1-3,6-7,9,17H,4-5H2,(H2,12,15)(H,14,16). The Morgan fingerprint density at radius 3 is 2.88 bits per heavy atom. The molecule has 1 aliphatic carbocycles. The number of amides is 1.